The van der Waals surface area contributed by atoms with Crippen LogP contribution in [0, 0.1) is 0 Å². The zero-order valence-electron chi connectivity index (χ0n) is 16.7. The first-order chi connectivity index (χ1) is 12.8. The second-order valence-corrected chi connectivity index (χ2v) is 11.8. The third kappa shape index (κ3) is 6.07. The number of unbranched alkanes of at least 4 members (excludes halogenated alkanes) is 1. The third-order valence-electron chi connectivity index (χ3n) is 4.63. The Hall–Kier alpha value is -1.86. The summed E-state index contributed by atoms with van der Waals surface area (Å²) in [5.41, 5.74) is -0.157. The minimum Gasteiger partial charge on any atom is -0.464 e. The molecule has 1 saturated carbocycles. The Balaban J connectivity index is 1.94. The fourth-order valence-electron chi connectivity index (χ4n) is 3.10. The standard InChI is InChI=1S/C20H31NO5Si/c1-5-7-13-27(3,4)26-20(18(22)24-6-2)14-17(20)21-19(23)25-15-16-11-9-8-10-12-16/h8-12,17H,5-7,13-15H2,1-4H3,(H,21,23). The van der Waals surface area contributed by atoms with Gasteiger partial charge in [0.25, 0.3) is 0 Å². The van der Waals surface area contributed by atoms with E-state index in [0.29, 0.717) is 6.42 Å². The number of rotatable bonds is 10. The molecule has 1 fully saturated rings. The van der Waals surface area contributed by atoms with Gasteiger partial charge in [-0.1, -0.05) is 50.1 Å². The van der Waals surface area contributed by atoms with E-state index in [0.717, 1.165) is 24.4 Å². The van der Waals surface area contributed by atoms with Gasteiger partial charge in [-0.15, -0.1) is 0 Å². The van der Waals surface area contributed by atoms with E-state index in [-0.39, 0.29) is 13.2 Å². The second-order valence-electron chi connectivity index (χ2n) is 7.54. The summed E-state index contributed by atoms with van der Waals surface area (Å²) in [5.74, 6) is -0.393. The predicted molar refractivity (Wildman–Crippen MR) is 106 cm³/mol. The normalized spacial score (nSPS) is 21.4. The highest BCUT2D eigenvalue weighted by Crippen LogP contribution is 2.44. The summed E-state index contributed by atoms with van der Waals surface area (Å²) in [4.78, 5) is 24.7. The lowest BCUT2D eigenvalue weighted by Gasteiger charge is -2.29. The molecular weight excluding hydrogens is 362 g/mol. The molecule has 1 aromatic rings. The average Bonchev–Trinajstić information content (AvgIpc) is 3.31. The Morgan fingerprint density at radius 1 is 1.19 bits per heavy atom. The molecule has 0 heterocycles. The van der Waals surface area contributed by atoms with E-state index in [1.165, 1.54) is 0 Å². The van der Waals surface area contributed by atoms with Gasteiger partial charge in [0.1, 0.15) is 6.61 Å². The number of esters is 1. The molecule has 0 spiro atoms. The van der Waals surface area contributed by atoms with Gasteiger partial charge >= 0.3 is 12.1 Å². The first-order valence-corrected chi connectivity index (χ1v) is 12.8. The minimum absolute atomic E-state index is 0.184. The SMILES string of the molecule is CCCC[Si](C)(C)OC1(C(=O)OCC)CC1NC(=O)OCc1ccccc1. The fraction of sp³-hybridized carbons (Fsp3) is 0.600. The molecule has 150 valence electrons. The Morgan fingerprint density at radius 2 is 1.89 bits per heavy atom. The van der Waals surface area contributed by atoms with Gasteiger partial charge in [-0.3, -0.25) is 0 Å². The van der Waals surface area contributed by atoms with E-state index in [1.807, 2.05) is 30.3 Å². The number of benzene rings is 1. The van der Waals surface area contributed by atoms with Crippen molar-refractivity contribution in [1.29, 1.82) is 0 Å². The van der Waals surface area contributed by atoms with Crippen LogP contribution in [-0.2, 0) is 25.3 Å². The summed E-state index contributed by atoms with van der Waals surface area (Å²) >= 11 is 0. The first-order valence-electron chi connectivity index (χ1n) is 9.67. The number of carbonyl (C=O) groups excluding carboxylic acids is 2. The van der Waals surface area contributed by atoms with Gasteiger partial charge < -0.3 is 19.2 Å². The molecule has 0 aromatic heterocycles. The van der Waals surface area contributed by atoms with Crippen molar-refractivity contribution in [1.82, 2.24) is 5.32 Å². The Morgan fingerprint density at radius 3 is 2.52 bits per heavy atom. The first kappa shape index (κ1) is 21.4. The minimum atomic E-state index is -2.05. The maximum absolute atomic E-state index is 12.5. The lowest BCUT2D eigenvalue weighted by atomic mass is 10.2. The molecule has 2 atom stereocenters. The van der Waals surface area contributed by atoms with Crippen molar-refractivity contribution < 1.29 is 23.5 Å². The fourth-order valence-corrected chi connectivity index (χ4v) is 5.70. The van der Waals surface area contributed by atoms with Gasteiger partial charge in [0.2, 0.25) is 0 Å². The molecule has 0 bridgehead atoms. The van der Waals surface area contributed by atoms with Crippen molar-refractivity contribution in [2.75, 3.05) is 6.61 Å². The lowest BCUT2D eigenvalue weighted by molar-refractivity contribution is -0.154. The number of hydrogen-bond donors (Lipinski definition) is 1. The molecule has 1 amide bonds. The molecule has 6 nitrogen and oxygen atoms in total. The summed E-state index contributed by atoms with van der Waals surface area (Å²) in [6, 6.07) is 10.0. The van der Waals surface area contributed by atoms with Crippen molar-refractivity contribution in [3.63, 3.8) is 0 Å². The van der Waals surface area contributed by atoms with Crippen LogP contribution >= 0.6 is 0 Å². The van der Waals surface area contributed by atoms with Crippen LogP contribution in [0.2, 0.25) is 19.1 Å². The van der Waals surface area contributed by atoms with Crippen LogP contribution in [0.5, 0.6) is 0 Å². The van der Waals surface area contributed by atoms with Gasteiger partial charge in [0, 0.05) is 6.42 Å². The maximum Gasteiger partial charge on any atom is 0.407 e. The molecule has 1 N–H and O–H groups in total. The van der Waals surface area contributed by atoms with Crippen molar-refractivity contribution in [3.05, 3.63) is 35.9 Å². The molecule has 27 heavy (non-hydrogen) atoms. The van der Waals surface area contributed by atoms with E-state index in [2.05, 4.69) is 25.3 Å². The van der Waals surface area contributed by atoms with Crippen molar-refractivity contribution in [2.45, 2.75) is 70.5 Å². The van der Waals surface area contributed by atoms with Crippen molar-refractivity contribution >= 4 is 20.4 Å². The van der Waals surface area contributed by atoms with Gasteiger partial charge in [-0.25, -0.2) is 9.59 Å². The van der Waals surface area contributed by atoms with E-state index in [4.69, 9.17) is 13.9 Å². The number of alkyl carbamates (subject to hydrolysis) is 1. The summed E-state index contributed by atoms with van der Waals surface area (Å²) in [5, 5.41) is 2.77. The molecule has 1 aromatic carbocycles. The number of amides is 1. The van der Waals surface area contributed by atoms with Gasteiger partial charge in [-0.05, 0) is 31.6 Å². The van der Waals surface area contributed by atoms with E-state index in [9.17, 15) is 9.59 Å². The molecule has 0 radical (unpaired) electrons. The molecule has 0 saturated heterocycles. The van der Waals surface area contributed by atoms with Crippen molar-refractivity contribution in [2.24, 2.45) is 0 Å². The summed E-state index contributed by atoms with van der Waals surface area (Å²) < 4.78 is 16.8. The van der Waals surface area contributed by atoms with E-state index < -0.39 is 32.0 Å². The number of ether oxygens (including phenoxy) is 2. The number of hydrogen-bond acceptors (Lipinski definition) is 5. The zero-order chi connectivity index (χ0) is 19.9. The maximum atomic E-state index is 12.5. The van der Waals surface area contributed by atoms with Crippen LogP contribution in [0.1, 0.15) is 38.7 Å². The van der Waals surface area contributed by atoms with Crippen LogP contribution in [-0.4, -0.2) is 38.6 Å². The molecule has 1 aliphatic rings. The number of nitrogens with one attached hydrogen (secondary N) is 1. The summed E-state index contributed by atoms with van der Waals surface area (Å²) in [6.07, 6.45) is 2.02. The molecule has 1 aliphatic carbocycles. The molecule has 2 unspecified atom stereocenters. The molecule has 2 rings (SSSR count). The van der Waals surface area contributed by atoms with Gasteiger partial charge in [-0.2, -0.15) is 0 Å². The predicted octanol–water partition coefficient (Wildman–Crippen LogP) is 4.01. The largest absolute Gasteiger partial charge is 0.464 e. The summed E-state index contributed by atoms with van der Waals surface area (Å²) in [7, 11) is -2.05. The monoisotopic (exact) mass is 393 g/mol. The zero-order valence-corrected chi connectivity index (χ0v) is 17.7. The lowest BCUT2D eigenvalue weighted by Crippen LogP contribution is -2.47. The van der Waals surface area contributed by atoms with Crippen LogP contribution in [0.25, 0.3) is 0 Å². The molecule has 0 aliphatic heterocycles. The van der Waals surface area contributed by atoms with Gasteiger partial charge in [0.05, 0.1) is 12.6 Å². The van der Waals surface area contributed by atoms with Crippen LogP contribution in [0.4, 0.5) is 4.79 Å². The summed E-state index contributed by atoms with van der Waals surface area (Å²) in [6.45, 7) is 8.58. The third-order valence-corrected chi connectivity index (χ3v) is 7.10. The highest BCUT2D eigenvalue weighted by atomic mass is 28.4. The highest BCUT2D eigenvalue weighted by molar-refractivity contribution is 6.71. The van der Waals surface area contributed by atoms with Crippen LogP contribution in [0.15, 0.2) is 30.3 Å². The van der Waals surface area contributed by atoms with Crippen LogP contribution < -0.4 is 5.32 Å². The average molecular weight is 394 g/mol. The quantitative estimate of drug-likeness (QED) is 0.480. The Labute approximate surface area is 162 Å². The molecule has 7 heteroatoms. The van der Waals surface area contributed by atoms with Crippen molar-refractivity contribution in [3.8, 4) is 0 Å². The molecular formula is C20H31NO5Si. The second kappa shape index (κ2) is 9.37. The smallest absolute Gasteiger partial charge is 0.407 e. The number of carbonyl (C=O) groups is 2. The van der Waals surface area contributed by atoms with E-state index >= 15 is 0 Å². The Bertz CT molecular complexity index is 637. The van der Waals surface area contributed by atoms with Crippen LogP contribution in [0.3, 0.4) is 0 Å². The van der Waals surface area contributed by atoms with E-state index in [1.54, 1.807) is 6.92 Å². The Kier molecular flexibility index (Phi) is 7.44. The highest BCUT2D eigenvalue weighted by Gasteiger charge is 2.65. The van der Waals surface area contributed by atoms with Gasteiger partial charge in [0.15, 0.2) is 13.9 Å². The topological polar surface area (TPSA) is 73.9 Å².